The van der Waals surface area contributed by atoms with Gasteiger partial charge in [0.2, 0.25) is 5.91 Å². The summed E-state index contributed by atoms with van der Waals surface area (Å²) >= 11 is 0. The predicted octanol–water partition coefficient (Wildman–Crippen LogP) is 1.66. The molecule has 2 amide bonds. The van der Waals surface area contributed by atoms with E-state index in [-0.39, 0.29) is 24.0 Å². The molecular weight excluding hydrogens is 296 g/mol. The monoisotopic (exact) mass is 318 g/mol. The lowest BCUT2D eigenvalue weighted by molar-refractivity contribution is -0.118. The molecule has 3 N–H and O–H groups in total. The SMILES string of the molecule is CCC(CO)NC(=O)/C=C(/C)C(=O)Nc1ccc(C(C)=O)cc1. The zero-order chi connectivity index (χ0) is 17.4. The van der Waals surface area contributed by atoms with Gasteiger partial charge in [-0.1, -0.05) is 6.92 Å². The van der Waals surface area contributed by atoms with Crippen molar-refractivity contribution in [1.29, 1.82) is 0 Å². The van der Waals surface area contributed by atoms with Gasteiger partial charge in [-0.05, 0) is 44.5 Å². The van der Waals surface area contributed by atoms with Crippen molar-refractivity contribution in [3.05, 3.63) is 41.5 Å². The highest BCUT2D eigenvalue weighted by Gasteiger charge is 2.10. The van der Waals surface area contributed by atoms with Crippen LogP contribution in [0.3, 0.4) is 0 Å². The number of rotatable bonds is 7. The highest BCUT2D eigenvalue weighted by Crippen LogP contribution is 2.11. The molecule has 1 rings (SSSR count). The van der Waals surface area contributed by atoms with Gasteiger partial charge in [0.05, 0.1) is 12.6 Å². The van der Waals surface area contributed by atoms with E-state index in [1.165, 1.54) is 19.9 Å². The zero-order valence-corrected chi connectivity index (χ0v) is 13.6. The molecule has 0 spiro atoms. The Balaban J connectivity index is 2.67. The molecule has 23 heavy (non-hydrogen) atoms. The van der Waals surface area contributed by atoms with Crippen molar-refractivity contribution in [2.75, 3.05) is 11.9 Å². The van der Waals surface area contributed by atoms with Gasteiger partial charge in [0.15, 0.2) is 5.78 Å². The lowest BCUT2D eigenvalue weighted by Gasteiger charge is -2.12. The first-order valence-corrected chi connectivity index (χ1v) is 7.39. The van der Waals surface area contributed by atoms with E-state index < -0.39 is 11.8 Å². The maximum atomic E-state index is 12.0. The van der Waals surface area contributed by atoms with E-state index in [9.17, 15) is 14.4 Å². The number of nitrogens with one attached hydrogen (secondary N) is 2. The first-order valence-electron chi connectivity index (χ1n) is 7.39. The summed E-state index contributed by atoms with van der Waals surface area (Å²) in [5, 5.41) is 14.3. The maximum Gasteiger partial charge on any atom is 0.251 e. The smallest absolute Gasteiger partial charge is 0.251 e. The third-order valence-corrected chi connectivity index (χ3v) is 3.31. The fourth-order valence-corrected chi connectivity index (χ4v) is 1.80. The Hall–Kier alpha value is -2.47. The van der Waals surface area contributed by atoms with E-state index in [2.05, 4.69) is 10.6 Å². The molecule has 0 aromatic heterocycles. The van der Waals surface area contributed by atoms with Crippen LogP contribution in [-0.2, 0) is 9.59 Å². The van der Waals surface area contributed by atoms with Crippen molar-refractivity contribution < 1.29 is 19.5 Å². The number of amides is 2. The fraction of sp³-hybridized carbons (Fsp3) is 0.353. The minimum atomic E-state index is -0.425. The summed E-state index contributed by atoms with van der Waals surface area (Å²) in [6, 6.07) is 6.17. The highest BCUT2D eigenvalue weighted by molar-refractivity contribution is 6.07. The second-order valence-electron chi connectivity index (χ2n) is 5.21. The minimum Gasteiger partial charge on any atom is -0.394 e. The Morgan fingerprint density at radius 2 is 1.78 bits per heavy atom. The molecule has 6 heteroatoms. The van der Waals surface area contributed by atoms with Crippen molar-refractivity contribution in [1.82, 2.24) is 5.32 Å². The number of aliphatic hydroxyl groups excluding tert-OH is 1. The lowest BCUT2D eigenvalue weighted by atomic mass is 10.1. The Labute approximate surface area is 135 Å². The summed E-state index contributed by atoms with van der Waals surface area (Å²) in [6.45, 7) is 4.69. The van der Waals surface area contributed by atoms with Crippen LogP contribution >= 0.6 is 0 Å². The molecule has 0 aliphatic carbocycles. The molecule has 0 bridgehead atoms. The molecule has 0 aliphatic heterocycles. The molecular formula is C17H22N2O4. The summed E-state index contributed by atoms with van der Waals surface area (Å²) < 4.78 is 0. The number of benzene rings is 1. The number of hydrogen-bond acceptors (Lipinski definition) is 4. The summed E-state index contributed by atoms with van der Waals surface area (Å²) in [5.41, 5.74) is 1.34. The summed E-state index contributed by atoms with van der Waals surface area (Å²) in [7, 11) is 0. The quantitative estimate of drug-likeness (QED) is 0.526. The molecule has 1 unspecified atom stereocenters. The highest BCUT2D eigenvalue weighted by atomic mass is 16.3. The number of aliphatic hydroxyl groups is 1. The Morgan fingerprint density at radius 1 is 1.17 bits per heavy atom. The topological polar surface area (TPSA) is 95.5 Å². The average molecular weight is 318 g/mol. The van der Waals surface area contributed by atoms with Crippen LogP contribution < -0.4 is 10.6 Å². The van der Waals surface area contributed by atoms with Gasteiger partial charge in [-0.25, -0.2) is 0 Å². The molecule has 124 valence electrons. The van der Waals surface area contributed by atoms with Crippen molar-refractivity contribution >= 4 is 23.3 Å². The van der Waals surface area contributed by atoms with Gasteiger partial charge in [-0.15, -0.1) is 0 Å². The van der Waals surface area contributed by atoms with Gasteiger partial charge < -0.3 is 15.7 Å². The van der Waals surface area contributed by atoms with E-state index in [4.69, 9.17) is 5.11 Å². The van der Waals surface area contributed by atoms with Gasteiger partial charge >= 0.3 is 0 Å². The van der Waals surface area contributed by atoms with E-state index in [1.807, 2.05) is 6.92 Å². The van der Waals surface area contributed by atoms with Crippen LogP contribution in [0.25, 0.3) is 0 Å². The number of ketones is 1. The van der Waals surface area contributed by atoms with Crippen molar-refractivity contribution in [3.63, 3.8) is 0 Å². The molecule has 0 radical (unpaired) electrons. The fourth-order valence-electron chi connectivity index (χ4n) is 1.80. The van der Waals surface area contributed by atoms with E-state index >= 15 is 0 Å². The van der Waals surface area contributed by atoms with Gasteiger partial charge in [0.1, 0.15) is 0 Å². The molecule has 1 aromatic rings. The van der Waals surface area contributed by atoms with Crippen LogP contribution in [0.1, 0.15) is 37.6 Å². The Kier molecular flexibility index (Phi) is 7.15. The van der Waals surface area contributed by atoms with Gasteiger partial charge in [0, 0.05) is 22.9 Å². The summed E-state index contributed by atoms with van der Waals surface area (Å²) in [6.07, 6.45) is 1.79. The van der Waals surface area contributed by atoms with Gasteiger partial charge in [-0.3, -0.25) is 14.4 Å². The maximum absolute atomic E-state index is 12.0. The number of Topliss-reactive ketones (excluding diaryl/α,β-unsaturated/α-hetero) is 1. The largest absolute Gasteiger partial charge is 0.394 e. The average Bonchev–Trinajstić information content (AvgIpc) is 2.52. The first-order chi connectivity index (χ1) is 10.9. The van der Waals surface area contributed by atoms with Crippen molar-refractivity contribution in [3.8, 4) is 0 Å². The van der Waals surface area contributed by atoms with Gasteiger partial charge in [0.25, 0.3) is 5.91 Å². The Bertz CT molecular complexity index is 602. The van der Waals surface area contributed by atoms with Crippen LogP contribution in [-0.4, -0.2) is 35.4 Å². The minimum absolute atomic E-state index is 0.0509. The number of anilines is 1. The van der Waals surface area contributed by atoms with Crippen LogP contribution in [0.4, 0.5) is 5.69 Å². The Morgan fingerprint density at radius 3 is 2.26 bits per heavy atom. The molecule has 0 heterocycles. The number of carbonyl (C=O) groups excluding carboxylic acids is 3. The molecule has 1 atom stereocenters. The van der Waals surface area contributed by atoms with E-state index in [1.54, 1.807) is 24.3 Å². The normalized spacial score (nSPS) is 12.4. The summed E-state index contributed by atoms with van der Waals surface area (Å²) in [5.74, 6) is -0.886. The lowest BCUT2D eigenvalue weighted by Crippen LogP contribution is -2.36. The van der Waals surface area contributed by atoms with Crippen molar-refractivity contribution in [2.24, 2.45) is 0 Å². The zero-order valence-electron chi connectivity index (χ0n) is 13.6. The van der Waals surface area contributed by atoms with Gasteiger partial charge in [-0.2, -0.15) is 0 Å². The predicted molar refractivity (Wildman–Crippen MR) is 88.1 cm³/mol. The van der Waals surface area contributed by atoms with Crippen LogP contribution in [0.15, 0.2) is 35.9 Å². The standard InChI is InChI=1S/C17H22N2O4/c1-4-14(10-20)18-16(22)9-11(2)17(23)19-15-7-5-13(6-8-15)12(3)21/h5-9,14,20H,4,10H2,1-3H3,(H,18,22)(H,19,23)/b11-9-. The molecule has 1 aromatic carbocycles. The van der Waals surface area contributed by atoms with E-state index in [0.29, 0.717) is 17.7 Å². The molecule has 0 aliphatic rings. The van der Waals surface area contributed by atoms with Crippen LogP contribution in [0.2, 0.25) is 0 Å². The second kappa shape index (κ2) is 8.85. The van der Waals surface area contributed by atoms with Crippen molar-refractivity contribution in [2.45, 2.75) is 33.2 Å². The molecule has 0 saturated carbocycles. The van der Waals surface area contributed by atoms with Crippen LogP contribution in [0.5, 0.6) is 0 Å². The third kappa shape index (κ3) is 6.04. The molecule has 0 saturated heterocycles. The van der Waals surface area contributed by atoms with E-state index in [0.717, 1.165) is 0 Å². The molecule has 0 fully saturated rings. The number of carbonyl (C=O) groups is 3. The summed E-state index contributed by atoms with van der Waals surface area (Å²) in [4.78, 5) is 34.9. The third-order valence-electron chi connectivity index (χ3n) is 3.31. The van der Waals surface area contributed by atoms with Crippen LogP contribution in [0, 0.1) is 0 Å². The number of hydrogen-bond donors (Lipinski definition) is 3. The second-order valence-corrected chi connectivity index (χ2v) is 5.21. The first kappa shape index (κ1) is 18.6. The molecule has 6 nitrogen and oxygen atoms in total.